The van der Waals surface area contributed by atoms with Gasteiger partial charge in [-0.25, -0.2) is 0 Å². The molecule has 1 N–H and O–H groups in total. The number of thiophene rings is 1. The molecule has 1 heterocycles. The molecular formula is C16H14N2OS. The van der Waals surface area contributed by atoms with E-state index in [-0.39, 0.29) is 5.91 Å². The summed E-state index contributed by atoms with van der Waals surface area (Å²) in [4.78, 5) is 13.7. The van der Waals surface area contributed by atoms with Gasteiger partial charge in [0.2, 0.25) is 0 Å². The first-order valence-electron chi connectivity index (χ1n) is 6.68. The molecule has 0 unspecified atom stereocenters. The summed E-state index contributed by atoms with van der Waals surface area (Å²) < 4.78 is 0. The molecule has 0 saturated carbocycles. The third-order valence-corrected chi connectivity index (χ3v) is 4.67. The minimum atomic E-state index is -0.0471. The fourth-order valence-electron chi connectivity index (χ4n) is 2.51. The van der Waals surface area contributed by atoms with Crippen molar-refractivity contribution in [3.05, 3.63) is 51.2 Å². The van der Waals surface area contributed by atoms with Crippen LogP contribution in [0.5, 0.6) is 0 Å². The summed E-state index contributed by atoms with van der Waals surface area (Å²) in [6.07, 6.45) is 4.50. The fraction of sp³-hybridized carbons (Fsp3) is 0.250. The second-order valence-electron chi connectivity index (χ2n) is 4.90. The Morgan fingerprint density at radius 2 is 1.95 bits per heavy atom. The first-order valence-corrected chi connectivity index (χ1v) is 7.56. The smallest absolute Gasteiger partial charge is 0.256 e. The molecule has 0 aliphatic heterocycles. The number of nitriles is 1. The summed E-state index contributed by atoms with van der Waals surface area (Å²) >= 11 is 1.69. The maximum absolute atomic E-state index is 12.3. The summed E-state index contributed by atoms with van der Waals surface area (Å²) in [5.41, 5.74) is 3.36. The molecule has 0 fully saturated rings. The van der Waals surface area contributed by atoms with Crippen molar-refractivity contribution < 1.29 is 4.79 Å². The van der Waals surface area contributed by atoms with Gasteiger partial charge < -0.3 is 5.32 Å². The zero-order chi connectivity index (χ0) is 13.9. The number of amides is 1. The third-order valence-electron chi connectivity index (χ3n) is 3.58. The molecule has 0 bridgehead atoms. The summed E-state index contributed by atoms with van der Waals surface area (Å²) in [5.74, 6) is -0.0471. The number of rotatable bonds is 2. The molecule has 1 amide bonds. The molecule has 3 rings (SSSR count). The standard InChI is InChI=1S/C16H14N2OS/c17-9-11-5-7-12(8-6-11)18-16(19)14-10-20-15-4-2-1-3-13(14)15/h5-8,10H,1-4H2,(H,18,19). The van der Waals surface area contributed by atoms with E-state index in [4.69, 9.17) is 5.26 Å². The maximum atomic E-state index is 12.3. The van der Waals surface area contributed by atoms with Crippen LogP contribution in [-0.2, 0) is 12.8 Å². The van der Waals surface area contributed by atoms with E-state index in [1.54, 1.807) is 35.6 Å². The van der Waals surface area contributed by atoms with Gasteiger partial charge in [0.05, 0.1) is 17.2 Å². The molecule has 1 aromatic carbocycles. The van der Waals surface area contributed by atoms with Crippen LogP contribution >= 0.6 is 11.3 Å². The van der Waals surface area contributed by atoms with Gasteiger partial charge >= 0.3 is 0 Å². The summed E-state index contributed by atoms with van der Waals surface area (Å²) in [5, 5.41) is 13.6. The molecule has 100 valence electrons. The number of carbonyl (C=O) groups excluding carboxylic acids is 1. The topological polar surface area (TPSA) is 52.9 Å². The highest BCUT2D eigenvalue weighted by molar-refractivity contribution is 7.10. The summed E-state index contributed by atoms with van der Waals surface area (Å²) in [6, 6.07) is 9.00. The van der Waals surface area contributed by atoms with E-state index >= 15 is 0 Å². The average molecular weight is 282 g/mol. The third kappa shape index (κ3) is 2.45. The van der Waals surface area contributed by atoms with Gasteiger partial charge in [-0.1, -0.05) is 0 Å². The Hall–Kier alpha value is -2.12. The Labute approximate surface area is 121 Å². The molecule has 0 atom stereocenters. The number of fused-ring (bicyclic) bond motifs is 1. The first kappa shape index (κ1) is 12.9. The van der Waals surface area contributed by atoms with Gasteiger partial charge in [-0.05, 0) is 55.5 Å². The zero-order valence-electron chi connectivity index (χ0n) is 11.0. The largest absolute Gasteiger partial charge is 0.322 e. The van der Waals surface area contributed by atoms with Crippen LogP contribution in [-0.4, -0.2) is 5.91 Å². The van der Waals surface area contributed by atoms with Crippen LogP contribution in [0.15, 0.2) is 29.6 Å². The quantitative estimate of drug-likeness (QED) is 0.912. The number of hydrogen-bond acceptors (Lipinski definition) is 3. The Balaban J connectivity index is 1.79. The van der Waals surface area contributed by atoms with Crippen molar-refractivity contribution in [2.75, 3.05) is 5.32 Å². The van der Waals surface area contributed by atoms with Crippen LogP contribution in [0, 0.1) is 11.3 Å². The Bertz CT molecular complexity index is 679. The Kier molecular flexibility index (Phi) is 3.53. The van der Waals surface area contributed by atoms with Crippen molar-refractivity contribution in [2.24, 2.45) is 0 Å². The van der Waals surface area contributed by atoms with E-state index in [0.717, 1.165) is 24.1 Å². The molecule has 3 nitrogen and oxygen atoms in total. The van der Waals surface area contributed by atoms with Crippen molar-refractivity contribution in [1.29, 1.82) is 5.26 Å². The maximum Gasteiger partial charge on any atom is 0.256 e. The van der Waals surface area contributed by atoms with Crippen molar-refractivity contribution in [2.45, 2.75) is 25.7 Å². The highest BCUT2D eigenvalue weighted by Crippen LogP contribution is 2.30. The van der Waals surface area contributed by atoms with E-state index in [2.05, 4.69) is 11.4 Å². The fourth-order valence-corrected chi connectivity index (χ4v) is 3.64. The van der Waals surface area contributed by atoms with E-state index < -0.39 is 0 Å². The van der Waals surface area contributed by atoms with Crippen LogP contribution in [0.1, 0.15) is 39.2 Å². The predicted molar refractivity (Wildman–Crippen MR) is 80.1 cm³/mol. The molecule has 2 aromatic rings. The first-order chi connectivity index (χ1) is 9.78. The minimum absolute atomic E-state index is 0.0471. The average Bonchev–Trinajstić information content (AvgIpc) is 2.92. The van der Waals surface area contributed by atoms with Crippen molar-refractivity contribution >= 4 is 22.9 Å². The lowest BCUT2D eigenvalue weighted by Gasteiger charge is -2.12. The Morgan fingerprint density at radius 1 is 1.20 bits per heavy atom. The van der Waals surface area contributed by atoms with Crippen LogP contribution in [0.3, 0.4) is 0 Å². The van der Waals surface area contributed by atoms with Gasteiger partial charge in [0, 0.05) is 15.9 Å². The molecule has 1 aliphatic carbocycles. The number of hydrogen-bond donors (Lipinski definition) is 1. The highest BCUT2D eigenvalue weighted by Gasteiger charge is 2.20. The number of nitrogens with zero attached hydrogens (tertiary/aromatic N) is 1. The SMILES string of the molecule is N#Cc1ccc(NC(=O)c2csc3c2CCCC3)cc1. The molecule has 0 spiro atoms. The molecular weight excluding hydrogens is 268 g/mol. The van der Waals surface area contributed by atoms with Crippen molar-refractivity contribution in [1.82, 2.24) is 0 Å². The van der Waals surface area contributed by atoms with Crippen LogP contribution < -0.4 is 5.32 Å². The molecule has 0 saturated heterocycles. The Morgan fingerprint density at radius 3 is 2.70 bits per heavy atom. The van der Waals surface area contributed by atoms with E-state index in [1.165, 1.54) is 23.3 Å². The van der Waals surface area contributed by atoms with Gasteiger partial charge in [-0.3, -0.25) is 4.79 Å². The van der Waals surface area contributed by atoms with Crippen LogP contribution in [0.2, 0.25) is 0 Å². The number of benzene rings is 1. The summed E-state index contributed by atoms with van der Waals surface area (Å²) in [7, 11) is 0. The van der Waals surface area contributed by atoms with Gasteiger partial charge in [0.15, 0.2) is 0 Å². The normalized spacial score (nSPS) is 13.3. The van der Waals surface area contributed by atoms with Gasteiger partial charge in [-0.2, -0.15) is 5.26 Å². The van der Waals surface area contributed by atoms with E-state index in [1.807, 2.05) is 5.38 Å². The van der Waals surface area contributed by atoms with Gasteiger partial charge in [0.1, 0.15) is 0 Å². The molecule has 1 aromatic heterocycles. The second-order valence-corrected chi connectivity index (χ2v) is 5.87. The second kappa shape index (κ2) is 5.48. The molecule has 0 radical (unpaired) electrons. The van der Waals surface area contributed by atoms with Crippen LogP contribution in [0.25, 0.3) is 0 Å². The number of nitrogens with one attached hydrogen (secondary N) is 1. The van der Waals surface area contributed by atoms with E-state index in [0.29, 0.717) is 5.56 Å². The number of carbonyl (C=O) groups is 1. The lowest BCUT2D eigenvalue weighted by molar-refractivity contribution is 0.102. The van der Waals surface area contributed by atoms with Gasteiger partial charge in [-0.15, -0.1) is 11.3 Å². The summed E-state index contributed by atoms with van der Waals surface area (Å²) in [6.45, 7) is 0. The van der Waals surface area contributed by atoms with Crippen LogP contribution in [0.4, 0.5) is 5.69 Å². The predicted octanol–water partition coefficient (Wildman–Crippen LogP) is 3.75. The zero-order valence-corrected chi connectivity index (χ0v) is 11.8. The highest BCUT2D eigenvalue weighted by atomic mass is 32.1. The van der Waals surface area contributed by atoms with Crippen molar-refractivity contribution in [3.63, 3.8) is 0 Å². The molecule has 4 heteroatoms. The molecule has 20 heavy (non-hydrogen) atoms. The number of aryl methyl sites for hydroxylation is 1. The van der Waals surface area contributed by atoms with Gasteiger partial charge in [0.25, 0.3) is 5.91 Å². The van der Waals surface area contributed by atoms with Crippen molar-refractivity contribution in [3.8, 4) is 6.07 Å². The minimum Gasteiger partial charge on any atom is -0.322 e. The molecule has 1 aliphatic rings. The lowest BCUT2D eigenvalue weighted by Crippen LogP contribution is -2.14. The number of anilines is 1. The monoisotopic (exact) mass is 282 g/mol. The van der Waals surface area contributed by atoms with E-state index in [9.17, 15) is 4.79 Å². The lowest BCUT2D eigenvalue weighted by atomic mass is 9.95.